The van der Waals surface area contributed by atoms with Gasteiger partial charge in [0.15, 0.2) is 0 Å². The fraction of sp³-hybridized carbons (Fsp3) is 0.375. The van der Waals surface area contributed by atoms with Gasteiger partial charge in [-0.15, -0.1) is 11.3 Å². The molecule has 0 fully saturated rings. The van der Waals surface area contributed by atoms with Crippen molar-refractivity contribution in [1.29, 1.82) is 0 Å². The zero-order valence-electron chi connectivity index (χ0n) is 11.1. The standard InChI is InChI=1S/C16H18ClNS/c1-2-11-3-5-12(6-4-11)10-18-14-7-8-15-13(14)9-16(17)19-15/h3-6,9,14,18H,2,7-8,10H2,1H3. The van der Waals surface area contributed by atoms with Crippen molar-refractivity contribution in [1.82, 2.24) is 5.32 Å². The zero-order valence-corrected chi connectivity index (χ0v) is 12.7. The first-order chi connectivity index (χ1) is 9.26. The van der Waals surface area contributed by atoms with E-state index in [1.807, 2.05) is 0 Å². The fourth-order valence-corrected chi connectivity index (χ4v) is 4.03. The number of thiophene rings is 1. The second kappa shape index (κ2) is 5.66. The Morgan fingerprint density at radius 1 is 1.26 bits per heavy atom. The monoisotopic (exact) mass is 291 g/mol. The van der Waals surface area contributed by atoms with E-state index in [2.05, 4.69) is 42.6 Å². The van der Waals surface area contributed by atoms with Crippen LogP contribution < -0.4 is 5.32 Å². The first-order valence-electron chi connectivity index (χ1n) is 6.85. The molecule has 0 bridgehead atoms. The summed E-state index contributed by atoms with van der Waals surface area (Å²) in [5.41, 5.74) is 4.17. The van der Waals surface area contributed by atoms with Crippen molar-refractivity contribution in [2.24, 2.45) is 0 Å². The number of hydrogen-bond donors (Lipinski definition) is 1. The average Bonchev–Trinajstić information content (AvgIpc) is 2.96. The van der Waals surface area contributed by atoms with Crippen LogP contribution in [0.2, 0.25) is 4.34 Å². The Morgan fingerprint density at radius 2 is 2.00 bits per heavy atom. The highest BCUT2D eigenvalue weighted by atomic mass is 35.5. The molecular formula is C16H18ClNS. The van der Waals surface area contributed by atoms with E-state index in [-0.39, 0.29) is 0 Å². The third-order valence-corrected chi connectivity index (χ3v) is 5.17. The Balaban J connectivity index is 1.63. The van der Waals surface area contributed by atoms with Gasteiger partial charge in [0, 0.05) is 17.5 Å². The highest BCUT2D eigenvalue weighted by Crippen LogP contribution is 2.39. The number of benzene rings is 1. The lowest BCUT2D eigenvalue weighted by molar-refractivity contribution is 0.530. The lowest BCUT2D eigenvalue weighted by atomic mass is 10.1. The molecule has 2 aromatic rings. The van der Waals surface area contributed by atoms with Gasteiger partial charge in [-0.2, -0.15) is 0 Å². The maximum Gasteiger partial charge on any atom is 0.0934 e. The lowest BCUT2D eigenvalue weighted by Gasteiger charge is -2.13. The van der Waals surface area contributed by atoms with Crippen LogP contribution in [0, 0.1) is 0 Å². The van der Waals surface area contributed by atoms with Crippen LogP contribution in [0.1, 0.15) is 41.0 Å². The Bertz CT molecular complexity index is 559. The SMILES string of the molecule is CCc1ccc(CNC2CCc3sc(Cl)cc32)cc1. The summed E-state index contributed by atoms with van der Waals surface area (Å²) in [6.07, 6.45) is 3.47. The van der Waals surface area contributed by atoms with Crippen molar-refractivity contribution in [3.8, 4) is 0 Å². The molecule has 3 rings (SSSR count). The smallest absolute Gasteiger partial charge is 0.0934 e. The van der Waals surface area contributed by atoms with Crippen LogP contribution in [0.5, 0.6) is 0 Å². The second-order valence-corrected chi connectivity index (χ2v) is 6.84. The van der Waals surface area contributed by atoms with E-state index in [9.17, 15) is 0 Å². The van der Waals surface area contributed by atoms with Gasteiger partial charge in [0.05, 0.1) is 4.34 Å². The maximum atomic E-state index is 6.08. The highest BCUT2D eigenvalue weighted by molar-refractivity contribution is 7.16. The number of nitrogens with one attached hydrogen (secondary N) is 1. The Kier molecular flexibility index (Phi) is 3.92. The van der Waals surface area contributed by atoms with Gasteiger partial charge in [0.2, 0.25) is 0 Å². The molecule has 0 amide bonds. The number of halogens is 1. The first-order valence-corrected chi connectivity index (χ1v) is 8.05. The van der Waals surface area contributed by atoms with Crippen molar-refractivity contribution in [2.45, 2.75) is 38.8 Å². The van der Waals surface area contributed by atoms with Crippen LogP contribution >= 0.6 is 22.9 Å². The quantitative estimate of drug-likeness (QED) is 0.858. The third kappa shape index (κ3) is 2.86. The summed E-state index contributed by atoms with van der Waals surface area (Å²) >= 11 is 7.82. The summed E-state index contributed by atoms with van der Waals surface area (Å²) in [6.45, 7) is 3.12. The molecule has 1 aromatic heterocycles. The van der Waals surface area contributed by atoms with Crippen LogP contribution in [0.15, 0.2) is 30.3 Å². The van der Waals surface area contributed by atoms with E-state index in [0.717, 1.165) is 17.3 Å². The number of hydrogen-bond acceptors (Lipinski definition) is 2. The van der Waals surface area contributed by atoms with Crippen molar-refractivity contribution in [2.75, 3.05) is 0 Å². The average molecular weight is 292 g/mol. The molecule has 3 heteroatoms. The van der Waals surface area contributed by atoms with Crippen molar-refractivity contribution < 1.29 is 0 Å². The van der Waals surface area contributed by atoms with Gasteiger partial charge >= 0.3 is 0 Å². The van der Waals surface area contributed by atoms with Gasteiger partial charge in [-0.3, -0.25) is 0 Å². The molecule has 1 heterocycles. The molecule has 1 atom stereocenters. The van der Waals surface area contributed by atoms with Crippen LogP contribution in [0.25, 0.3) is 0 Å². The summed E-state index contributed by atoms with van der Waals surface area (Å²) < 4.78 is 0.920. The van der Waals surface area contributed by atoms with E-state index in [1.54, 1.807) is 11.3 Å². The van der Waals surface area contributed by atoms with Gasteiger partial charge in [-0.25, -0.2) is 0 Å². The van der Waals surface area contributed by atoms with Crippen molar-refractivity contribution in [3.63, 3.8) is 0 Å². The second-order valence-electron chi connectivity index (χ2n) is 5.07. The lowest BCUT2D eigenvalue weighted by Crippen LogP contribution is -2.18. The van der Waals surface area contributed by atoms with Crippen molar-refractivity contribution in [3.05, 3.63) is 56.2 Å². The molecule has 0 saturated carbocycles. The summed E-state index contributed by atoms with van der Waals surface area (Å²) in [5.74, 6) is 0. The van der Waals surface area contributed by atoms with E-state index >= 15 is 0 Å². The molecule has 1 aliphatic rings. The molecule has 1 unspecified atom stereocenters. The van der Waals surface area contributed by atoms with Gasteiger partial charge in [0.1, 0.15) is 0 Å². The summed E-state index contributed by atoms with van der Waals surface area (Å²) in [4.78, 5) is 1.46. The molecular weight excluding hydrogens is 274 g/mol. The fourth-order valence-electron chi connectivity index (χ4n) is 2.68. The largest absolute Gasteiger partial charge is 0.306 e. The summed E-state index contributed by atoms with van der Waals surface area (Å²) in [7, 11) is 0. The highest BCUT2D eigenvalue weighted by Gasteiger charge is 2.24. The van der Waals surface area contributed by atoms with Gasteiger partial charge in [-0.05, 0) is 42.0 Å². The van der Waals surface area contributed by atoms with Crippen LogP contribution in [0.3, 0.4) is 0 Å². The minimum absolute atomic E-state index is 0.476. The molecule has 0 radical (unpaired) electrons. The van der Waals surface area contributed by atoms with Gasteiger partial charge in [0.25, 0.3) is 0 Å². The molecule has 1 aliphatic carbocycles. The first kappa shape index (κ1) is 13.2. The normalized spacial score (nSPS) is 17.7. The number of aryl methyl sites for hydroxylation is 2. The molecule has 19 heavy (non-hydrogen) atoms. The Morgan fingerprint density at radius 3 is 2.74 bits per heavy atom. The predicted molar refractivity (Wildman–Crippen MR) is 83.1 cm³/mol. The number of rotatable bonds is 4. The van der Waals surface area contributed by atoms with Gasteiger partial charge < -0.3 is 5.32 Å². The van der Waals surface area contributed by atoms with E-state index in [4.69, 9.17) is 11.6 Å². The van der Waals surface area contributed by atoms with Crippen LogP contribution in [-0.4, -0.2) is 0 Å². The summed E-state index contributed by atoms with van der Waals surface area (Å²) in [6, 6.07) is 11.5. The minimum Gasteiger partial charge on any atom is -0.306 e. The van der Waals surface area contributed by atoms with E-state index in [1.165, 1.54) is 34.4 Å². The molecule has 0 saturated heterocycles. The molecule has 0 aliphatic heterocycles. The number of fused-ring (bicyclic) bond motifs is 1. The maximum absolute atomic E-state index is 6.08. The topological polar surface area (TPSA) is 12.0 Å². The van der Waals surface area contributed by atoms with Crippen molar-refractivity contribution >= 4 is 22.9 Å². The molecule has 1 aromatic carbocycles. The van der Waals surface area contributed by atoms with Crippen LogP contribution in [0.4, 0.5) is 0 Å². The van der Waals surface area contributed by atoms with Gasteiger partial charge in [-0.1, -0.05) is 42.8 Å². The van der Waals surface area contributed by atoms with E-state index < -0.39 is 0 Å². The molecule has 100 valence electrons. The Labute approximate surface area is 123 Å². The predicted octanol–water partition coefficient (Wildman–Crippen LogP) is 4.74. The minimum atomic E-state index is 0.476. The van der Waals surface area contributed by atoms with E-state index in [0.29, 0.717) is 6.04 Å². The molecule has 0 spiro atoms. The third-order valence-electron chi connectivity index (χ3n) is 3.83. The van der Waals surface area contributed by atoms with Crippen LogP contribution in [-0.2, 0) is 19.4 Å². The summed E-state index contributed by atoms with van der Waals surface area (Å²) in [5, 5.41) is 3.65. The zero-order chi connectivity index (χ0) is 13.2. The molecule has 1 N–H and O–H groups in total. The molecule has 1 nitrogen and oxygen atoms in total. The Hall–Kier alpha value is -0.830.